The Labute approximate surface area is 121 Å². The molecule has 20 heavy (non-hydrogen) atoms. The van der Waals surface area contributed by atoms with E-state index in [0.29, 0.717) is 11.7 Å². The molecule has 0 amide bonds. The number of nitrogens with zero attached hydrogens (tertiary/aromatic N) is 2. The smallest absolute Gasteiger partial charge is 0.138 e. The topological polar surface area (TPSA) is 73.1 Å². The van der Waals surface area contributed by atoms with Gasteiger partial charge in [-0.05, 0) is 25.7 Å². The minimum Gasteiger partial charge on any atom is -0.383 e. The Kier molecular flexibility index (Phi) is 4.48. The first-order valence-corrected chi connectivity index (χ1v) is 7.34. The fourth-order valence-electron chi connectivity index (χ4n) is 2.25. The van der Waals surface area contributed by atoms with Crippen molar-refractivity contribution in [3.05, 3.63) is 11.4 Å². The van der Waals surface area contributed by atoms with Crippen LogP contribution in [0.15, 0.2) is 0 Å². The normalized spacial score (nSPS) is 19.9. The van der Waals surface area contributed by atoms with Gasteiger partial charge in [-0.1, -0.05) is 20.8 Å². The fourth-order valence-corrected chi connectivity index (χ4v) is 2.25. The van der Waals surface area contributed by atoms with E-state index in [1.165, 1.54) is 6.42 Å². The summed E-state index contributed by atoms with van der Waals surface area (Å²) in [7, 11) is 0. The average Bonchev–Trinajstić information content (AvgIpc) is 2.40. The lowest BCUT2D eigenvalue weighted by Gasteiger charge is -2.24. The van der Waals surface area contributed by atoms with Crippen molar-refractivity contribution in [2.45, 2.75) is 46.0 Å². The Morgan fingerprint density at radius 1 is 1.35 bits per heavy atom. The number of hydrogen-bond acceptors (Lipinski definition) is 5. The van der Waals surface area contributed by atoms with Gasteiger partial charge in [0.15, 0.2) is 0 Å². The molecule has 1 aromatic heterocycles. The maximum atomic E-state index is 6.01. The summed E-state index contributed by atoms with van der Waals surface area (Å²) in [4.78, 5) is 9.05. The van der Waals surface area contributed by atoms with Gasteiger partial charge in [0, 0.05) is 24.1 Å². The van der Waals surface area contributed by atoms with Gasteiger partial charge < -0.3 is 15.8 Å². The molecule has 0 aromatic carbocycles. The Balaban J connectivity index is 2.11. The molecule has 5 heteroatoms. The lowest BCUT2D eigenvalue weighted by Crippen LogP contribution is -2.26. The Morgan fingerprint density at radius 3 is 2.70 bits per heavy atom. The van der Waals surface area contributed by atoms with Gasteiger partial charge in [-0.2, -0.15) is 0 Å². The van der Waals surface area contributed by atoms with E-state index in [1.807, 2.05) is 6.92 Å². The maximum absolute atomic E-state index is 6.01. The van der Waals surface area contributed by atoms with Crippen LogP contribution in [0.4, 0.5) is 11.6 Å². The molecule has 3 N–H and O–H groups in total. The van der Waals surface area contributed by atoms with Crippen LogP contribution in [0.3, 0.4) is 0 Å². The summed E-state index contributed by atoms with van der Waals surface area (Å²) in [6, 6.07) is 0. The Bertz CT molecular complexity index is 462. The van der Waals surface area contributed by atoms with Gasteiger partial charge in [0.25, 0.3) is 0 Å². The van der Waals surface area contributed by atoms with Crippen LogP contribution in [0, 0.1) is 12.8 Å². The number of hydrogen-bond donors (Lipinski definition) is 2. The SMILES string of the molecule is Cc1c(N)nc(C(C)(C)C)nc1NCC1CCCOC1. The van der Waals surface area contributed by atoms with Gasteiger partial charge in [-0.15, -0.1) is 0 Å². The second kappa shape index (κ2) is 5.95. The van der Waals surface area contributed by atoms with E-state index in [1.54, 1.807) is 0 Å². The van der Waals surface area contributed by atoms with Crippen LogP contribution in [-0.2, 0) is 10.2 Å². The summed E-state index contributed by atoms with van der Waals surface area (Å²) < 4.78 is 5.51. The molecule has 0 radical (unpaired) electrons. The number of ether oxygens (including phenoxy) is 1. The molecule has 1 saturated heterocycles. The molecule has 0 spiro atoms. The van der Waals surface area contributed by atoms with Gasteiger partial charge in [-0.25, -0.2) is 9.97 Å². The van der Waals surface area contributed by atoms with Crippen LogP contribution in [0.2, 0.25) is 0 Å². The monoisotopic (exact) mass is 278 g/mol. The number of rotatable bonds is 3. The summed E-state index contributed by atoms with van der Waals surface area (Å²) in [6.45, 7) is 10.8. The standard InChI is InChI=1S/C15H26N4O/c1-10-12(16)18-14(15(2,3)4)19-13(10)17-8-11-6-5-7-20-9-11/h11H,5-9H2,1-4H3,(H3,16,17,18,19). The summed E-state index contributed by atoms with van der Waals surface area (Å²) in [5.74, 6) is 2.75. The highest BCUT2D eigenvalue weighted by atomic mass is 16.5. The molecule has 0 aliphatic carbocycles. The molecule has 1 unspecified atom stereocenters. The second-order valence-electron chi connectivity index (χ2n) is 6.62. The molecule has 0 saturated carbocycles. The van der Waals surface area contributed by atoms with Crippen LogP contribution < -0.4 is 11.1 Å². The minimum atomic E-state index is -0.105. The van der Waals surface area contributed by atoms with Crippen LogP contribution in [0.1, 0.15) is 45.0 Å². The van der Waals surface area contributed by atoms with Crippen LogP contribution in [-0.4, -0.2) is 29.7 Å². The third-order valence-electron chi connectivity index (χ3n) is 3.67. The molecule has 0 bridgehead atoms. The van der Waals surface area contributed by atoms with E-state index in [9.17, 15) is 0 Å². The Morgan fingerprint density at radius 2 is 2.10 bits per heavy atom. The number of nitrogen functional groups attached to an aromatic ring is 1. The lowest BCUT2D eigenvalue weighted by atomic mass is 9.95. The van der Waals surface area contributed by atoms with Gasteiger partial charge in [-0.3, -0.25) is 0 Å². The first kappa shape index (κ1) is 15.0. The van der Waals surface area contributed by atoms with Crippen LogP contribution in [0.5, 0.6) is 0 Å². The zero-order valence-corrected chi connectivity index (χ0v) is 13.0. The highest BCUT2D eigenvalue weighted by Crippen LogP contribution is 2.25. The molecule has 2 rings (SSSR count). The van der Waals surface area contributed by atoms with Crippen molar-refractivity contribution in [2.75, 3.05) is 30.8 Å². The fraction of sp³-hybridized carbons (Fsp3) is 0.733. The maximum Gasteiger partial charge on any atom is 0.138 e. The van der Waals surface area contributed by atoms with Crippen molar-refractivity contribution >= 4 is 11.6 Å². The zero-order chi connectivity index (χ0) is 14.8. The van der Waals surface area contributed by atoms with Gasteiger partial charge in [0.1, 0.15) is 17.5 Å². The molecule has 1 atom stereocenters. The average molecular weight is 278 g/mol. The first-order valence-electron chi connectivity index (χ1n) is 7.34. The zero-order valence-electron chi connectivity index (χ0n) is 13.0. The molecule has 1 fully saturated rings. The van der Waals surface area contributed by atoms with E-state index < -0.39 is 0 Å². The van der Waals surface area contributed by atoms with E-state index in [4.69, 9.17) is 10.5 Å². The summed E-state index contributed by atoms with van der Waals surface area (Å²) in [5.41, 5.74) is 6.83. The van der Waals surface area contributed by atoms with E-state index >= 15 is 0 Å². The number of nitrogens with one attached hydrogen (secondary N) is 1. The molecule has 1 aliphatic rings. The summed E-state index contributed by atoms with van der Waals surface area (Å²) in [5, 5.41) is 3.42. The van der Waals surface area contributed by atoms with E-state index in [-0.39, 0.29) is 5.41 Å². The third-order valence-corrected chi connectivity index (χ3v) is 3.67. The highest BCUT2D eigenvalue weighted by Gasteiger charge is 2.21. The molecule has 1 aliphatic heterocycles. The van der Waals surface area contributed by atoms with Crippen molar-refractivity contribution in [1.82, 2.24) is 9.97 Å². The number of anilines is 2. The minimum absolute atomic E-state index is 0.105. The van der Waals surface area contributed by atoms with Gasteiger partial charge in [0.05, 0.1) is 6.61 Å². The van der Waals surface area contributed by atoms with Gasteiger partial charge >= 0.3 is 0 Å². The van der Waals surface area contributed by atoms with Gasteiger partial charge in [0.2, 0.25) is 0 Å². The molecule has 1 aromatic rings. The van der Waals surface area contributed by atoms with Crippen molar-refractivity contribution in [3.63, 3.8) is 0 Å². The summed E-state index contributed by atoms with van der Waals surface area (Å²) in [6.07, 6.45) is 2.35. The molecule has 2 heterocycles. The predicted molar refractivity (Wildman–Crippen MR) is 81.9 cm³/mol. The number of nitrogens with two attached hydrogens (primary N) is 1. The van der Waals surface area contributed by atoms with Crippen LogP contribution >= 0.6 is 0 Å². The van der Waals surface area contributed by atoms with E-state index in [2.05, 4.69) is 36.1 Å². The molecular weight excluding hydrogens is 252 g/mol. The largest absolute Gasteiger partial charge is 0.383 e. The second-order valence-corrected chi connectivity index (χ2v) is 6.62. The van der Waals surface area contributed by atoms with Crippen molar-refractivity contribution < 1.29 is 4.74 Å². The van der Waals surface area contributed by atoms with Crippen LogP contribution in [0.25, 0.3) is 0 Å². The molecule has 112 valence electrons. The van der Waals surface area contributed by atoms with Crippen molar-refractivity contribution in [2.24, 2.45) is 5.92 Å². The van der Waals surface area contributed by atoms with E-state index in [0.717, 1.165) is 43.4 Å². The number of aromatic nitrogens is 2. The van der Waals surface area contributed by atoms with Crippen molar-refractivity contribution in [1.29, 1.82) is 0 Å². The third kappa shape index (κ3) is 3.60. The first-order chi connectivity index (χ1) is 9.38. The van der Waals surface area contributed by atoms with Crippen molar-refractivity contribution in [3.8, 4) is 0 Å². The Hall–Kier alpha value is -1.36. The molecule has 5 nitrogen and oxygen atoms in total. The lowest BCUT2D eigenvalue weighted by molar-refractivity contribution is 0.0594. The predicted octanol–water partition coefficient (Wildman–Crippen LogP) is 2.50. The highest BCUT2D eigenvalue weighted by molar-refractivity contribution is 5.55. The quantitative estimate of drug-likeness (QED) is 0.888. The summed E-state index contributed by atoms with van der Waals surface area (Å²) >= 11 is 0. The molecular formula is C15H26N4O.